The van der Waals surface area contributed by atoms with E-state index in [1.165, 1.54) is 19.3 Å². The zero-order chi connectivity index (χ0) is 25.6. The van der Waals surface area contributed by atoms with Crippen molar-refractivity contribution in [2.45, 2.75) is 69.7 Å². The van der Waals surface area contributed by atoms with Gasteiger partial charge in [-0.3, -0.25) is 4.79 Å². The Balaban J connectivity index is 1.38. The molecule has 1 aromatic heterocycles. The number of carbonyl (C=O) groups excluding carboxylic acids is 1. The second kappa shape index (κ2) is 12.0. The molecule has 6 heteroatoms. The molecule has 0 spiro atoms. The predicted molar refractivity (Wildman–Crippen MR) is 148 cm³/mol. The molecular formula is C31H39N3O3. The number of hydrogen-bond donors (Lipinski definition) is 1. The number of anilines is 1. The molecule has 37 heavy (non-hydrogen) atoms. The molecule has 1 saturated heterocycles. The van der Waals surface area contributed by atoms with Crippen LogP contribution in [0, 0.1) is 5.92 Å². The quantitative estimate of drug-likeness (QED) is 0.372. The summed E-state index contributed by atoms with van der Waals surface area (Å²) in [5.41, 5.74) is 8.46. The second-order valence-corrected chi connectivity index (χ2v) is 10.6. The van der Waals surface area contributed by atoms with Gasteiger partial charge in [0.25, 0.3) is 0 Å². The van der Waals surface area contributed by atoms with E-state index in [-0.39, 0.29) is 11.8 Å². The molecular weight excluding hydrogens is 462 g/mol. The van der Waals surface area contributed by atoms with E-state index in [0.717, 1.165) is 73.3 Å². The van der Waals surface area contributed by atoms with Gasteiger partial charge in [0.1, 0.15) is 17.3 Å². The fourth-order valence-corrected chi connectivity index (χ4v) is 6.06. The van der Waals surface area contributed by atoms with Crippen molar-refractivity contribution in [1.29, 1.82) is 0 Å². The van der Waals surface area contributed by atoms with E-state index >= 15 is 0 Å². The molecule has 1 unspecified atom stereocenters. The minimum absolute atomic E-state index is 0.170. The largest absolute Gasteiger partial charge is 0.457 e. The molecule has 0 radical (unpaired) electrons. The Bertz CT molecular complexity index is 1190. The van der Waals surface area contributed by atoms with Gasteiger partial charge in [0.15, 0.2) is 0 Å². The normalized spacial score (nSPS) is 18.0. The third kappa shape index (κ3) is 6.24. The lowest BCUT2D eigenvalue weighted by Gasteiger charge is -2.34. The Morgan fingerprint density at radius 2 is 1.78 bits per heavy atom. The standard InChI is InChI=1S/C31H39N3O3/c1-34(24-8-4-2-5-9-24)30(35)15-13-27(22-16-18-36-19-17-22)28-21-23-20-26(12-14-29(23)33-31(28)32)37-25-10-6-3-7-11-25/h3,6-7,10-12,14,20-22,24,27H,2,4-5,8-9,13,15-19H2,1H3,(H2,32,33). The van der Waals surface area contributed by atoms with E-state index in [1.54, 1.807) is 0 Å². The van der Waals surface area contributed by atoms with Crippen molar-refractivity contribution in [3.63, 3.8) is 0 Å². The number of carbonyl (C=O) groups is 1. The third-order valence-electron chi connectivity index (χ3n) is 8.25. The van der Waals surface area contributed by atoms with Crippen molar-refractivity contribution in [2.75, 3.05) is 26.0 Å². The van der Waals surface area contributed by atoms with Gasteiger partial charge in [-0.05, 0) is 85.9 Å². The first-order valence-electron chi connectivity index (χ1n) is 13.8. The van der Waals surface area contributed by atoms with E-state index in [2.05, 4.69) is 6.07 Å². The Hall–Kier alpha value is -3.12. The highest BCUT2D eigenvalue weighted by Crippen LogP contribution is 2.40. The van der Waals surface area contributed by atoms with E-state index < -0.39 is 0 Å². The fourth-order valence-electron chi connectivity index (χ4n) is 6.06. The number of ether oxygens (including phenoxy) is 2. The number of pyridine rings is 1. The molecule has 1 atom stereocenters. The number of nitrogens with zero attached hydrogens (tertiary/aromatic N) is 2. The van der Waals surface area contributed by atoms with Gasteiger partial charge in [-0.15, -0.1) is 0 Å². The van der Waals surface area contributed by atoms with Gasteiger partial charge < -0.3 is 20.1 Å². The summed E-state index contributed by atoms with van der Waals surface area (Å²) in [5.74, 6) is 2.97. The summed E-state index contributed by atoms with van der Waals surface area (Å²) in [6.45, 7) is 1.51. The first kappa shape index (κ1) is 25.5. The van der Waals surface area contributed by atoms with Crippen molar-refractivity contribution in [3.05, 3.63) is 60.2 Å². The molecule has 6 nitrogen and oxygen atoms in total. The van der Waals surface area contributed by atoms with Crippen molar-refractivity contribution < 1.29 is 14.3 Å². The molecule has 2 aromatic carbocycles. The maximum atomic E-state index is 13.2. The molecule has 0 bridgehead atoms. The van der Waals surface area contributed by atoms with Crippen molar-refractivity contribution in [1.82, 2.24) is 9.88 Å². The first-order valence-corrected chi connectivity index (χ1v) is 13.8. The van der Waals surface area contributed by atoms with Crippen LogP contribution in [0.15, 0.2) is 54.6 Å². The zero-order valence-electron chi connectivity index (χ0n) is 21.9. The van der Waals surface area contributed by atoms with Gasteiger partial charge in [-0.25, -0.2) is 4.98 Å². The number of nitrogens with two attached hydrogens (primary N) is 1. The monoisotopic (exact) mass is 501 g/mol. The summed E-state index contributed by atoms with van der Waals surface area (Å²) in [6.07, 6.45) is 9.25. The maximum Gasteiger partial charge on any atom is 0.222 e. The van der Waals surface area contributed by atoms with Crippen LogP contribution in [0.4, 0.5) is 5.82 Å². The SMILES string of the molecule is CN(C(=O)CCC(c1cc2cc(Oc3ccccc3)ccc2nc1N)C1CCOCC1)C1CCCCC1. The summed E-state index contributed by atoms with van der Waals surface area (Å²) in [6, 6.07) is 18.3. The fraction of sp³-hybridized carbons (Fsp3) is 0.484. The van der Waals surface area contributed by atoms with E-state index in [4.69, 9.17) is 20.2 Å². The van der Waals surface area contributed by atoms with Gasteiger partial charge >= 0.3 is 0 Å². The lowest BCUT2D eigenvalue weighted by atomic mass is 9.78. The third-order valence-corrected chi connectivity index (χ3v) is 8.25. The van der Waals surface area contributed by atoms with Crippen molar-refractivity contribution in [3.8, 4) is 11.5 Å². The summed E-state index contributed by atoms with van der Waals surface area (Å²) in [5, 5.41) is 1.00. The van der Waals surface area contributed by atoms with Gasteiger partial charge in [0.05, 0.1) is 5.52 Å². The lowest BCUT2D eigenvalue weighted by Crippen LogP contribution is -2.38. The number of rotatable bonds is 8. The molecule has 3 aromatic rings. The number of hydrogen-bond acceptors (Lipinski definition) is 5. The highest BCUT2D eigenvalue weighted by Gasteiger charge is 2.30. The number of aromatic nitrogens is 1. The molecule has 196 valence electrons. The summed E-state index contributed by atoms with van der Waals surface area (Å²) < 4.78 is 11.7. The predicted octanol–water partition coefficient (Wildman–Crippen LogP) is 6.69. The van der Waals surface area contributed by atoms with Crippen LogP contribution in [0.3, 0.4) is 0 Å². The Morgan fingerprint density at radius 1 is 1.03 bits per heavy atom. The van der Waals surface area contributed by atoms with E-state index in [1.807, 2.05) is 60.5 Å². The number of para-hydroxylation sites is 1. The number of nitrogen functional groups attached to an aromatic ring is 1. The van der Waals surface area contributed by atoms with E-state index in [9.17, 15) is 4.79 Å². The highest BCUT2D eigenvalue weighted by molar-refractivity contribution is 5.83. The average molecular weight is 502 g/mol. The van der Waals surface area contributed by atoms with Crippen LogP contribution in [0.5, 0.6) is 11.5 Å². The van der Waals surface area contributed by atoms with Crippen LogP contribution in [0.1, 0.15) is 69.3 Å². The molecule has 1 aliphatic heterocycles. The zero-order valence-corrected chi connectivity index (χ0v) is 21.9. The van der Waals surface area contributed by atoms with Crippen LogP contribution in [0.25, 0.3) is 10.9 Å². The first-order chi connectivity index (χ1) is 18.1. The van der Waals surface area contributed by atoms with Crippen LogP contribution in [-0.2, 0) is 9.53 Å². The topological polar surface area (TPSA) is 77.7 Å². The van der Waals surface area contributed by atoms with Crippen LogP contribution in [-0.4, -0.2) is 42.1 Å². The Kier molecular flexibility index (Phi) is 8.24. The number of fused-ring (bicyclic) bond motifs is 1. The number of benzene rings is 2. The second-order valence-electron chi connectivity index (χ2n) is 10.6. The molecule has 1 amide bonds. The van der Waals surface area contributed by atoms with Crippen molar-refractivity contribution >= 4 is 22.6 Å². The molecule has 5 rings (SSSR count). The Labute approximate surface area is 220 Å². The smallest absolute Gasteiger partial charge is 0.222 e. The number of amides is 1. The molecule has 2 fully saturated rings. The summed E-state index contributed by atoms with van der Waals surface area (Å²) >= 11 is 0. The molecule has 2 heterocycles. The summed E-state index contributed by atoms with van der Waals surface area (Å²) in [7, 11) is 1.99. The van der Waals surface area contributed by atoms with E-state index in [0.29, 0.717) is 24.2 Å². The highest BCUT2D eigenvalue weighted by atomic mass is 16.5. The van der Waals surface area contributed by atoms with Crippen LogP contribution in [0.2, 0.25) is 0 Å². The molecule has 1 saturated carbocycles. The summed E-state index contributed by atoms with van der Waals surface area (Å²) in [4.78, 5) is 20.0. The van der Waals surface area contributed by atoms with Crippen LogP contribution < -0.4 is 10.5 Å². The van der Waals surface area contributed by atoms with Gasteiger partial charge in [0, 0.05) is 38.1 Å². The lowest BCUT2D eigenvalue weighted by molar-refractivity contribution is -0.132. The van der Waals surface area contributed by atoms with Gasteiger partial charge in [-0.1, -0.05) is 37.5 Å². The molecule has 2 N–H and O–H groups in total. The Morgan fingerprint density at radius 3 is 2.54 bits per heavy atom. The average Bonchev–Trinajstić information content (AvgIpc) is 2.94. The molecule has 1 aliphatic carbocycles. The van der Waals surface area contributed by atoms with Crippen molar-refractivity contribution in [2.24, 2.45) is 5.92 Å². The minimum Gasteiger partial charge on any atom is -0.457 e. The minimum atomic E-state index is 0.170. The van der Waals surface area contributed by atoms with Gasteiger partial charge in [-0.2, -0.15) is 0 Å². The molecule has 2 aliphatic rings. The maximum absolute atomic E-state index is 13.2. The van der Waals surface area contributed by atoms with Gasteiger partial charge in [0.2, 0.25) is 5.91 Å². The van der Waals surface area contributed by atoms with Crippen LogP contribution >= 0.6 is 0 Å².